The molecule has 3 nitrogen and oxygen atoms in total. The average Bonchev–Trinajstić information content (AvgIpc) is 2.00. The summed E-state index contributed by atoms with van der Waals surface area (Å²) in [5, 5.41) is 2.51. The Hall–Kier alpha value is -1.12. The van der Waals surface area contributed by atoms with Gasteiger partial charge < -0.3 is 10.1 Å². The second kappa shape index (κ2) is 5.65. The molecule has 0 unspecified atom stereocenters. The van der Waals surface area contributed by atoms with E-state index in [9.17, 15) is 9.59 Å². The number of hydrogen-bond acceptors (Lipinski definition) is 2. The quantitative estimate of drug-likeness (QED) is 0.478. The van der Waals surface area contributed by atoms with Gasteiger partial charge >= 0.3 is 0 Å². The van der Waals surface area contributed by atoms with Gasteiger partial charge in [-0.15, -0.1) is 0 Å². The minimum atomic E-state index is -0.382. The fourth-order valence-electron chi connectivity index (χ4n) is 0.572. The summed E-state index contributed by atoms with van der Waals surface area (Å²) in [6, 6.07) is -0.382. The zero-order valence-electron chi connectivity index (χ0n) is 6.83. The largest absolute Gasteiger partial charge is 0.347 e. The first kappa shape index (κ1) is 9.88. The van der Waals surface area contributed by atoms with Gasteiger partial charge in [0.15, 0.2) is 0 Å². The lowest BCUT2D eigenvalue weighted by molar-refractivity contribution is -0.123. The normalized spacial score (nSPS) is 12.9. The predicted octanol–water partition coefficient (Wildman–Crippen LogP) is 0.656. The second-order valence-electron chi connectivity index (χ2n) is 2.27. The third-order valence-electron chi connectivity index (χ3n) is 1.13. The molecule has 0 aromatic rings. The molecule has 0 aromatic heterocycles. The van der Waals surface area contributed by atoms with E-state index in [1.54, 1.807) is 19.1 Å². The third kappa shape index (κ3) is 5.33. The highest BCUT2D eigenvalue weighted by Crippen LogP contribution is 1.84. The van der Waals surface area contributed by atoms with Gasteiger partial charge in [0.05, 0.1) is 6.04 Å². The lowest BCUT2D eigenvalue weighted by Gasteiger charge is -2.04. The molecule has 0 aliphatic heterocycles. The zero-order chi connectivity index (χ0) is 8.69. The van der Waals surface area contributed by atoms with Gasteiger partial charge in [0.1, 0.15) is 6.29 Å². The number of carbonyl (C=O) groups excluding carboxylic acids is 2. The van der Waals surface area contributed by atoms with E-state index in [2.05, 4.69) is 5.32 Å². The molecule has 0 radical (unpaired) electrons. The van der Waals surface area contributed by atoms with Crippen LogP contribution >= 0.6 is 0 Å². The topological polar surface area (TPSA) is 46.2 Å². The number of aldehydes is 1. The predicted molar refractivity (Wildman–Crippen MR) is 43.1 cm³/mol. The van der Waals surface area contributed by atoms with E-state index < -0.39 is 0 Å². The number of nitrogens with one attached hydrogen (secondary N) is 1. The lowest BCUT2D eigenvalue weighted by Crippen LogP contribution is -2.32. The average molecular weight is 155 g/mol. The third-order valence-corrected chi connectivity index (χ3v) is 1.13. The Morgan fingerprint density at radius 2 is 2.27 bits per heavy atom. The minimum absolute atomic E-state index is 0.122. The smallest absolute Gasteiger partial charge is 0.224 e. The first-order valence-electron chi connectivity index (χ1n) is 3.56. The maximum absolute atomic E-state index is 10.8. The van der Waals surface area contributed by atoms with Gasteiger partial charge in [-0.1, -0.05) is 12.2 Å². The summed E-state index contributed by atoms with van der Waals surface area (Å²) in [6.45, 7) is 3.48. The van der Waals surface area contributed by atoms with E-state index in [0.717, 1.165) is 0 Å². The summed E-state index contributed by atoms with van der Waals surface area (Å²) in [6.07, 6.45) is 4.58. The van der Waals surface area contributed by atoms with Gasteiger partial charge in [0.2, 0.25) is 5.91 Å². The Morgan fingerprint density at radius 3 is 2.73 bits per heavy atom. The molecular formula is C8H13NO2. The molecule has 0 spiro atoms. The van der Waals surface area contributed by atoms with Crippen molar-refractivity contribution < 1.29 is 9.59 Å². The molecule has 0 fully saturated rings. The van der Waals surface area contributed by atoms with Crippen LogP contribution in [0, 0.1) is 0 Å². The lowest BCUT2D eigenvalue weighted by atomic mass is 10.3. The van der Waals surface area contributed by atoms with Crippen molar-refractivity contribution in [1.82, 2.24) is 5.32 Å². The molecule has 0 aromatic carbocycles. The van der Waals surface area contributed by atoms with Crippen LogP contribution in [-0.2, 0) is 9.59 Å². The van der Waals surface area contributed by atoms with Crippen LogP contribution in [0.25, 0.3) is 0 Å². The van der Waals surface area contributed by atoms with Gasteiger partial charge in [-0.05, 0) is 13.8 Å². The minimum Gasteiger partial charge on any atom is -0.347 e. The van der Waals surface area contributed by atoms with Crippen LogP contribution in [0.5, 0.6) is 0 Å². The number of carbonyl (C=O) groups is 2. The Balaban J connectivity index is 3.60. The summed E-state index contributed by atoms with van der Waals surface area (Å²) in [5.74, 6) is -0.122. The van der Waals surface area contributed by atoms with Crippen LogP contribution in [0.1, 0.15) is 20.3 Å². The van der Waals surface area contributed by atoms with Gasteiger partial charge in [-0.2, -0.15) is 0 Å². The molecule has 0 rings (SSSR count). The van der Waals surface area contributed by atoms with E-state index in [-0.39, 0.29) is 11.9 Å². The Labute approximate surface area is 66.5 Å². The fourth-order valence-corrected chi connectivity index (χ4v) is 0.572. The summed E-state index contributed by atoms with van der Waals surface area (Å²) in [7, 11) is 0. The van der Waals surface area contributed by atoms with Crippen LogP contribution in [0.3, 0.4) is 0 Å². The highest BCUT2D eigenvalue weighted by molar-refractivity contribution is 5.80. The summed E-state index contributed by atoms with van der Waals surface area (Å²) in [5.41, 5.74) is 0. The highest BCUT2D eigenvalue weighted by Gasteiger charge is 2.02. The molecule has 11 heavy (non-hydrogen) atoms. The van der Waals surface area contributed by atoms with Crippen LogP contribution in [0.2, 0.25) is 0 Å². The van der Waals surface area contributed by atoms with E-state index in [1.165, 1.54) is 0 Å². The van der Waals surface area contributed by atoms with Gasteiger partial charge in [0.25, 0.3) is 0 Å². The zero-order valence-corrected chi connectivity index (χ0v) is 6.83. The maximum Gasteiger partial charge on any atom is 0.224 e. The number of hydrogen-bond donors (Lipinski definition) is 1. The molecule has 1 N–H and O–H groups in total. The van der Waals surface area contributed by atoms with E-state index in [4.69, 9.17) is 0 Å². The van der Waals surface area contributed by atoms with Crippen molar-refractivity contribution in [1.29, 1.82) is 0 Å². The Kier molecular flexibility index (Phi) is 5.07. The number of rotatable bonds is 4. The molecule has 0 aliphatic rings. The van der Waals surface area contributed by atoms with Crippen molar-refractivity contribution in [3.8, 4) is 0 Å². The SMILES string of the molecule is CC=CCC(=O)N[C@@H](C)C=O. The molecule has 0 aliphatic carbocycles. The van der Waals surface area contributed by atoms with Crippen molar-refractivity contribution in [3.05, 3.63) is 12.2 Å². The highest BCUT2D eigenvalue weighted by atomic mass is 16.2. The van der Waals surface area contributed by atoms with Crippen molar-refractivity contribution in [2.24, 2.45) is 0 Å². The van der Waals surface area contributed by atoms with Crippen LogP contribution < -0.4 is 5.32 Å². The number of amides is 1. The van der Waals surface area contributed by atoms with Crippen molar-refractivity contribution in [2.45, 2.75) is 26.3 Å². The van der Waals surface area contributed by atoms with Crippen LogP contribution in [0.4, 0.5) is 0 Å². The monoisotopic (exact) mass is 155 g/mol. The molecule has 62 valence electrons. The van der Waals surface area contributed by atoms with Crippen LogP contribution in [0.15, 0.2) is 12.2 Å². The standard InChI is InChI=1S/C8H13NO2/c1-3-4-5-8(11)9-7(2)6-10/h3-4,6-7H,5H2,1-2H3,(H,9,11)/t7-/m0/s1. The molecule has 0 saturated carbocycles. The Morgan fingerprint density at radius 1 is 1.64 bits per heavy atom. The second-order valence-corrected chi connectivity index (χ2v) is 2.27. The fraction of sp³-hybridized carbons (Fsp3) is 0.500. The van der Waals surface area contributed by atoms with Crippen molar-refractivity contribution >= 4 is 12.2 Å². The maximum atomic E-state index is 10.8. The van der Waals surface area contributed by atoms with Gasteiger partial charge in [-0.25, -0.2) is 0 Å². The molecule has 0 heterocycles. The molecule has 0 saturated heterocycles. The van der Waals surface area contributed by atoms with Gasteiger partial charge in [0, 0.05) is 6.42 Å². The van der Waals surface area contributed by atoms with Gasteiger partial charge in [-0.3, -0.25) is 4.79 Å². The first-order valence-corrected chi connectivity index (χ1v) is 3.56. The van der Waals surface area contributed by atoms with E-state index in [0.29, 0.717) is 12.7 Å². The molecule has 0 bridgehead atoms. The summed E-state index contributed by atoms with van der Waals surface area (Å²) in [4.78, 5) is 20.9. The summed E-state index contributed by atoms with van der Waals surface area (Å²) >= 11 is 0. The van der Waals surface area contributed by atoms with E-state index >= 15 is 0 Å². The van der Waals surface area contributed by atoms with E-state index in [1.807, 2.05) is 6.92 Å². The molecular weight excluding hydrogens is 142 g/mol. The molecule has 1 amide bonds. The molecule has 3 heteroatoms. The van der Waals surface area contributed by atoms with Crippen molar-refractivity contribution in [3.63, 3.8) is 0 Å². The molecule has 1 atom stereocenters. The van der Waals surface area contributed by atoms with Crippen LogP contribution in [-0.4, -0.2) is 18.2 Å². The summed E-state index contributed by atoms with van der Waals surface area (Å²) < 4.78 is 0. The first-order chi connectivity index (χ1) is 5.20. The Bertz CT molecular complexity index is 163. The van der Waals surface area contributed by atoms with Crippen molar-refractivity contribution in [2.75, 3.05) is 0 Å². The number of allylic oxidation sites excluding steroid dienone is 1.